The lowest BCUT2D eigenvalue weighted by molar-refractivity contribution is -0.134. The highest BCUT2D eigenvalue weighted by Crippen LogP contribution is 2.35. The molecule has 0 N–H and O–H groups in total. The summed E-state index contributed by atoms with van der Waals surface area (Å²) in [5, 5.41) is 1.01. The largest absolute Gasteiger partial charge is 0.483 e. The molecule has 0 spiro atoms. The molecule has 0 aliphatic carbocycles. The van der Waals surface area contributed by atoms with Gasteiger partial charge in [-0.2, -0.15) is 0 Å². The van der Waals surface area contributed by atoms with Gasteiger partial charge in [-0.25, -0.2) is 4.98 Å². The number of hydrogen-bond donors (Lipinski definition) is 0. The molecule has 1 aliphatic heterocycles. The summed E-state index contributed by atoms with van der Waals surface area (Å²) in [7, 11) is 1.70. The Hall–Kier alpha value is -3.32. The van der Waals surface area contributed by atoms with E-state index in [-0.39, 0.29) is 24.6 Å². The predicted molar refractivity (Wildman–Crippen MR) is 133 cm³/mol. The number of fused-ring (bicyclic) bond motifs is 2. The third kappa shape index (κ3) is 4.05. The lowest BCUT2D eigenvalue weighted by Gasteiger charge is -2.26. The quantitative estimate of drug-likeness (QED) is 0.373. The van der Waals surface area contributed by atoms with Gasteiger partial charge in [-0.3, -0.25) is 4.79 Å². The van der Waals surface area contributed by atoms with E-state index in [1.165, 1.54) is 0 Å². The van der Waals surface area contributed by atoms with E-state index in [0.29, 0.717) is 6.61 Å². The van der Waals surface area contributed by atoms with Crippen molar-refractivity contribution in [1.82, 2.24) is 19.0 Å². The highest BCUT2D eigenvalue weighted by Gasteiger charge is 2.34. The van der Waals surface area contributed by atoms with Crippen molar-refractivity contribution in [2.24, 2.45) is 0 Å². The summed E-state index contributed by atoms with van der Waals surface area (Å²) in [6.07, 6.45) is 3.92. The fourth-order valence-corrected chi connectivity index (χ4v) is 5.10. The minimum Gasteiger partial charge on any atom is -0.483 e. The molecular weight excluding hydrogens is 428 g/mol. The van der Waals surface area contributed by atoms with E-state index in [0.717, 1.165) is 59.4 Å². The second kappa shape index (κ2) is 9.50. The Balaban J connectivity index is 1.35. The van der Waals surface area contributed by atoms with Crippen LogP contribution < -0.4 is 4.74 Å². The zero-order valence-corrected chi connectivity index (χ0v) is 20.1. The minimum absolute atomic E-state index is 0.000631. The summed E-state index contributed by atoms with van der Waals surface area (Å²) in [4.78, 5) is 20.2. The first-order valence-corrected chi connectivity index (χ1v) is 12.0. The van der Waals surface area contributed by atoms with Gasteiger partial charge in [-0.1, -0.05) is 18.2 Å². The van der Waals surface area contributed by atoms with E-state index in [9.17, 15) is 4.79 Å². The second-order valence-corrected chi connectivity index (χ2v) is 9.15. The fourth-order valence-electron chi connectivity index (χ4n) is 5.10. The van der Waals surface area contributed by atoms with Crippen molar-refractivity contribution in [3.63, 3.8) is 0 Å². The van der Waals surface area contributed by atoms with Crippen molar-refractivity contribution in [2.45, 2.75) is 45.3 Å². The van der Waals surface area contributed by atoms with Crippen LogP contribution in [0.25, 0.3) is 21.9 Å². The molecule has 2 aromatic carbocycles. The Labute approximate surface area is 199 Å². The van der Waals surface area contributed by atoms with Crippen molar-refractivity contribution in [3.05, 3.63) is 60.6 Å². The van der Waals surface area contributed by atoms with Gasteiger partial charge in [0.25, 0.3) is 5.91 Å². The van der Waals surface area contributed by atoms with E-state index < -0.39 is 0 Å². The highest BCUT2D eigenvalue weighted by molar-refractivity contribution is 5.87. The lowest BCUT2D eigenvalue weighted by Crippen LogP contribution is -2.35. The van der Waals surface area contributed by atoms with Gasteiger partial charge in [0.05, 0.1) is 29.2 Å². The number of hydrogen-bond acceptors (Lipinski definition) is 4. The summed E-state index contributed by atoms with van der Waals surface area (Å²) in [5.74, 6) is 1.70. The van der Waals surface area contributed by atoms with Crippen LogP contribution in [0.3, 0.4) is 0 Å². The molecule has 4 aromatic rings. The molecule has 0 radical (unpaired) electrons. The minimum atomic E-state index is -0.0307. The van der Waals surface area contributed by atoms with E-state index in [1.807, 2.05) is 47.5 Å². The number of imidazole rings is 1. The van der Waals surface area contributed by atoms with Gasteiger partial charge in [-0.05, 0) is 57.0 Å². The van der Waals surface area contributed by atoms with Crippen LogP contribution in [0.4, 0.5) is 0 Å². The molecule has 1 atom stereocenters. The Bertz CT molecular complexity index is 1310. The van der Waals surface area contributed by atoms with Gasteiger partial charge >= 0.3 is 0 Å². The third-order valence-electron chi connectivity index (χ3n) is 6.67. The monoisotopic (exact) mass is 460 g/mol. The van der Waals surface area contributed by atoms with Crippen LogP contribution >= 0.6 is 0 Å². The predicted octanol–water partition coefficient (Wildman–Crippen LogP) is 4.96. The third-order valence-corrected chi connectivity index (χ3v) is 6.67. The molecular formula is C27H32N4O3. The van der Waals surface area contributed by atoms with Crippen LogP contribution in [0.5, 0.6) is 5.75 Å². The van der Waals surface area contributed by atoms with Gasteiger partial charge in [0, 0.05) is 37.8 Å². The lowest BCUT2D eigenvalue weighted by atomic mass is 10.2. The molecule has 1 fully saturated rings. The van der Waals surface area contributed by atoms with Crippen LogP contribution in [0, 0.1) is 0 Å². The number of para-hydroxylation sites is 2. The smallest absolute Gasteiger partial charge is 0.261 e. The fraction of sp³-hybridized carbons (Fsp3) is 0.407. The van der Waals surface area contributed by atoms with Gasteiger partial charge in [0.15, 0.2) is 6.61 Å². The molecule has 7 heteroatoms. The summed E-state index contributed by atoms with van der Waals surface area (Å²) in [6.45, 7) is 6.49. The number of likely N-dealkylation sites (tertiary alicyclic amines) is 1. The number of methoxy groups -OCH3 is 1. The number of amides is 1. The molecule has 0 bridgehead atoms. The van der Waals surface area contributed by atoms with Crippen LogP contribution in [0.2, 0.25) is 0 Å². The zero-order valence-electron chi connectivity index (χ0n) is 20.1. The van der Waals surface area contributed by atoms with Crippen molar-refractivity contribution in [3.8, 4) is 5.75 Å². The first-order valence-electron chi connectivity index (χ1n) is 12.0. The summed E-state index contributed by atoms with van der Waals surface area (Å²) >= 11 is 0. The average molecular weight is 461 g/mol. The van der Waals surface area contributed by atoms with Gasteiger partial charge in [-0.15, -0.1) is 0 Å². The molecule has 1 aliphatic rings. The molecule has 0 unspecified atom stereocenters. The molecule has 0 saturated carbocycles. The van der Waals surface area contributed by atoms with Crippen molar-refractivity contribution in [1.29, 1.82) is 0 Å². The number of rotatable bonds is 8. The maximum Gasteiger partial charge on any atom is 0.261 e. The van der Waals surface area contributed by atoms with Crippen LogP contribution in [-0.2, 0) is 16.1 Å². The topological polar surface area (TPSA) is 61.5 Å². The van der Waals surface area contributed by atoms with Crippen LogP contribution in [0.15, 0.2) is 54.7 Å². The highest BCUT2D eigenvalue weighted by atomic mass is 16.5. The summed E-state index contributed by atoms with van der Waals surface area (Å²) < 4.78 is 15.7. The van der Waals surface area contributed by atoms with Crippen LogP contribution in [0.1, 0.15) is 44.6 Å². The number of ether oxygens (including phenoxy) is 2. The van der Waals surface area contributed by atoms with Crippen molar-refractivity contribution < 1.29 is 14.3 Å². The van der Waals surface area contributed by atoms with E-state index in [4.69, 9.17) is 14.5 Å². The average Bonchev–Trinajstić information content (AvgIpc) is 3.57. The summed E-state index contributed by atoms with van der Waals surface area (Å²) in [5.41, 5.74) is 3.17. The molecule has 3 heterocycles. The molecule has 178 valence electrons. The number of carbonyl (C=O) groups is 1. The van der Waals surface area contributed by atoms with Gasteiger partial charge in [0.2, 0.25) is 0 Å². The van der Waals surface area contributed by atoms with Crippen molar-refractivity contribution >= 4 is 27.8 Å². The maximum absolute atomic E-state index is 13.3. The van der Waals surface area contributed by atoms with E-state index in [1.54, 1.807) is 7.11 Å². The Morgan fingerprint density at radius 2 is 1.94 bits per heavy atom. The normalized spacial score (nSPS) is 16.2. The first-order chi connectivity index (χ1) is 16.6. The molecule has 1 saturated heterocycles. The molecule has 1 amide bonds. The number of aromatic nitrogens is 3. The zero-order chi connectivity index (χ0) is 23.7. The van der Waals surface area contributed by atoms with Gasteiger partial charge in [0.1, 0.15) is 11.6 Å². The Kier molecular flexibility index (Phi) is 6.28. The maximum atomic E-state index is 13.3. The number of nitrogens with zero attached hydrogens (tertiary/aromatic N) is 4. The Morgan fingerprint density at radius 1 is 1.12 bits per heavy atom. The number of carbonyl (C=O) groups excluding carboxylic acids is 1. The molecule has 5 rings (SSSR count). The number of benzene rings is 2. The van der Waals surface area contributed by atoms with Gasteiger partial charge < -0.3 is 23.5 Å². The van der Waals surface area contributed by atoms with E-state index in [2.05, 4.69) is 35.1 Å². The SMILES string of the molecule is COCCn1ccc2c(OCC(=O)N3CCC[C@H]3c3nc4ccccc4n3C(C)C)cccc21. The molecule has 7 nitrogen and oxygen atoms in total. The standard InChI is InChI=1S/C27H32N4O3/c1-19(2)31-23-9-5-4-8-21(23)28-27(31)24-11-7-14-30(24)26(32)18-34-25-12-6-10-22-20(25)13-15-29(22)16-17-33-3/h4-6,8-10,12-13,15,19,24H,7,11,14,16-18H2,1-3H3/t24-/m0/s1. The first kappa shape index (κ1) is 22.5. The van der Waals surface area contributed by atoms with E-state index >= 15 is 0 Å². The molecule has 34 heavy (non-hydrogen) atoms. The summed E-state index contributed by atoms with van der Waals surface area (Å²) in [6, 6.07) is 16.4. The second-order valence-electron chi connectivity index (χ2n) is 9.15. The Morgan fingerprint density at radius 3 is 2.76 bits per heavy atom. The van der Waals surface area contributed by atoms with Crippen molar-refractivity contribution in [2.75, 3.05) is 26.9 Å². The van der Waals surface area contributed by atoms with Crippen LogP contribution in [-0.4, -0.2) is 51.8 Å². The molecule has 2 aromatic heterocycles.